The Morgan fingerprint density at radius 1 is 1.19 bits per heavy atom. The summed E-state index contributed by atoms with van der Waals surface area (Å²) in [5.41, 5.74) is 3.49. The Bertz CT molecular complexity index is 584. The first kappa shape index (κ1) is 14.1. The number of nitrogens with one attached hydrogen (secondary N) is 1. The van der Waals surface area contributed by atoms with E-state index in [9.17, 15) is 4.79 Å². The van der Waals surface area contributed by atoms with Crippen molar-refractivity contribution in [1.29, 1.82) is 0 Å². The average molecular weight is 300 g/mol. The Balaban J connectivity index is 1.54. The van der Waals surface area contributed by atoms with E-state index >= 15 is 0 Å². The van der Waals surface area contributed by atoms with Crippen molar-refractivity contribution in [1.82, 2.24) is 4.90 Å². The Kier molecular flexibility index (Phi) is 4.25. The molecule has 2 heterocycles. The summed E-state index contributed by atoms with van der Waals surface area (Å²) in [4.78, 5) is 14.2. The lowest BCUT2D eigenvalue weighted by atomic mass is 9.91. The topological polar surface area (TPSA) is 32.3 Å². The highest BCUT2D eigenvalue weighted by Gasteiger charge is 2.23. The van der Waals surface area contributed by atoms with E-state index in [0.717, 1.165) is 31.6 Å². The van der Waals surface area contributed by atoms with Gasteiger partial charge in [-0.15, -0.1) is 0 Å². The Morgan fingerprint density at radius 3 is 2.52 bits per heavy atom. The molecule has 1 aromatic heterocycles. The molecule has 1 aliphatic rings. The number of benzene rings is 1. The van der Waals surface area contributed by atoms with Gasteiger partial charge in [-0.25, -0.2) is 4.79 Å². The largest absolute Gasteiger partial charge is 0.324 e. The van der Waals surface area contributed by atoms with E-state index in [0.29, 0.717) is 5.92 Å². The van der Waals surface area contributed by atoms with Crippen LogP contribution in [0, 0.1) is 6.92 Å². The molecule has 2 aromatic rings. The summed E-state index contributed by atoms with van der Waals surface area (Å²) >= 11 is 1.75. The fraction of sp³-hybridized carbons (Fsp3) is 0.353. The molecule has 21 heavy (non-hydrogen) atoms. The number of piperidine rings is 1. The number of urea groups is 1. The molecule has 1 aliphatic heterocycles. The van der Waals surface area contributed by atoms with Crippen molar-refractivity contribution in [3.63, 3.8) is 0 Å². The molecule has 0 atom stereocenters. The van der Waals surface area contributed by atoms with Crippen LogP contribution in [0.1, 0.15) is 29.9 Å². The van der Waals surface area contributed by atoms with Gasteiger partial charge in [-0.3, -0.25) is 0 Å². The zero-order valence-corrected chi connectivity index (χ0v) is 13.0. The van der Waals surface area contributed by atoms with Crippen LogP contribution in [-0.2, 0) is 0 Å². The first-order valence-electron chi connectivity index (χ1n) is 7.37. The maximum Gasteiger partial charge on any atom is 0.321 e. The molecular weight excluding hydrogens is 280 g/mol. The molecule has 0 spiro atoms. The molecule has 0 aliphatic carbocycles. The zero-order valence-electron chi connectivity index (χ0n) is 12.2. The van der Waals surface area contributed by atoms with Crippen LogP contribution >= 0.6 is 11.3 Å². The summed E-state index contributed by atoms with van der Waals surface area (Å²) in [5, 5.41) is 7.34. The second-order valence-corrected chi connectivity index (χ2v) is 6.39. The minimum Gasteiger partial charge on any atom is -0.324 e. The van der Waals surface area contributed by atoms with E-state index in [1.54, 1.807) is 11.3 Å². The fourth-order valence-electron chi connectivity index (χ4n) is 2.76. The lowest BCUT2D eigenvalue weighted by Crippen LogP contribution is -2.40. The highest BCUT2D eigenvalue weighted by atomic mass is 32.1. The normalized spacial score (nSPS) is 16.0. The molecule has 1 N–H and O–H groups in total. The number of likely N-dealkylation sites (tertiary alicyclic amines) is 1. The number of hydrogen-bond acceptors (Lipinski definition) is 2. The molecule has 0 unspecified atom stereocenters. The summed E-state index contributed by atoms with van der Waals surface area (Å²) < 4.78 is 0. The number of aryl methyl sites for hydroxylation is 1. The highest BCUT2D eigenvalue weighted by Crippen LogP contribution is 2.29. The van der Waals surface area contributed by atoms with Crippen LogP contribution in [0.4, 0.5) is 10.5 Å². The third kappa shape index (κ3) is 3.45. The Labute approximate surface area is 129 Å². The molecule has 1 aromatic carbocycles. The average Bonchev–Trinajstić information content (AvgIpc) is 3.04. The van der Waals surface area contributed by atoms with E-state index in [4.69, 9.17) is 0 Å². The van der Waals surface area contributed by atoms with Gasteiger partial charge in [0, 0.05) is 18.8 Å². The number of carbonyl (C=O) groups excluding carboxylic acids is 1. The smallest absolute Gasteiger partial charge is 0.321 e. The van der Waals surface area contributed by atoms with Crippen LogP contribution in [0.25, 0.3) is 0 Å². The van der Waals surface area contributed by atoms with Crippen LogP contribution < -0.4 is 5.32 Å². The standard InChI is InChI=1S/C17H20N2OS/c1-13-2-4-16(5-3-13)18-17(20)19-9-6-14(7-10-19)15-8-11-21-12-15/h2-5,8,11-12,14H,6-7,9-10H2,1H3,(H,18,20). The lowest BCUT2D eigenvalue weighted by molar-refractivity contribution is 0.194. The number of thiophene rings is 1. The summed E-state index contributed by atoms with van der Waals surface area (Å²) in [6.45, 7) is 3.71. The van der Waals surface area contributed by atoms with Crippen molar-refractivity contribution in [3.05, 3.63) is 52.2 Å². The summed E-state index contributed by atoms with van der Waals surface area (Å²) in [7, 11) is 0. The van der Waals surface area contributed by atoms with Gasteiger partial charge in [0.1, 0.15) is 0 Å². The van der Waals surface area contributed by atoms with Crippen LogP contribution in [0.15, 0.2) is 41.1 Å². The van der Waals surface area contributed by atoms with Gasteiger partial charge >= 0.3 is 6.03 Å². The lowest BCUT2D eigenvalue weighted by Gasteiger charge is -2.31. The summed E-state index contributed by atoms with van der Waals surface area (Å²) in [6.07, 6.45) is 2.11. The van der Waals surface area contributed by atoms with Crippen LogP contribution in [0.3, 0.4) is 0 Å². The third-order valence-electron chi connectivity index (χ3n) is 4.10. The van der Waals surface area contributed by atoms with Gasteiger partial charge in [0.2, 0.25) is 0 Å². The second kappa shape index (κ2) is 6.31. The molecule has 3 rings (SSSR count). The van der Waals surface area contributed by atoms with Crippen molar-refractivity contribution < 1.29 is 4.79 Å². The Morgan fingerprint density at radius 2 is 1.90 bits per heavy atom. The molecule has 3 nitrogen and oxygen atoms in total. The first-order valence-corrected chi connectivity index (χ1v) is 8.31. The molecule has 0 bridgehead atoms. The van der Waals surface area contributed by atoms with Gasteiger partial charge in [0.25, 0.3) is 0 Å². The quantitative estimate of drug-likeness (QED) is 0.872. The maximum atomic E-state index is 12.3. The van der Waals surface area contributed by atoms with Gasteiger partial charge in [-0.2, -0.15) is 11.3 Å². The SMILES string of the molecule is Cc1ccc(NC(=O)N2CCC(c3ccsc3)CC2)cc1. The molecule has 4 heteroatoms. The molecule has 110 valence electrons. The fourth-order valence-corrected chi connectivity index (χ4v) is 3.51. The predicted octanol–water partition coefficient (Wildman–Crippen LogP) is 4.47. The minimum absolute atomic E-state index is 0.0163. The van der Waals surface area contributed by atoms with E-state index in [1.807, 2.05) is 36.1 Å². The second-order valence-electron chi connectivity index (χ2n) is 5.61. The number of rotatable bonds is 2. The highest BCUT2D eigenvalue weighted by molar-refractivity contribution is 7.07. The van der Waals surface area contributed by atoms with E-state index < -0.39 is 0 Å². The van der Waals surface area contributed by atoms with Gasteiger partial charge < -0.3 is 10.2 Å². The van der Waals surface area contributed by atoms with Gasteiger partial charge in [0.05, 0.1) is 0 Å². The zero-order chi connectivity index (χ0) is 14.7. The summed E-state index contributed by atoms with van der Waals surface area (Å²) in [6, 6.07) is 10.1. The number of hydrogen-bond donors (Lipinski definition) is 1. The van der Waals surface area contributed by atoms with Crippen molar-refractivity contribution >= 4 is 23.1 Å². The van der Waals surface area contributed by atoms with E-state index in [-0.39, 0.29) is 6.03 Å². The number of carbonyl (C=O) groups is 1. The van der Waals surface area contributed by atoms with Crippen LogP contribution in [-0.4, -0.2) is 24.0 Å². The molecule has 1 fully saturated rings. The molecule has 0 saturated carbocycles. The van der Waals surface area contributed by atoms with Crippen LogP contribution in [0.2, 0.25) is 0 Å². The maximum absolute atomic E-state index is 12.3. The molecular formula is C17H20N2OS. The third-order valence-corrected chi connectivity index (χ3v) is 4.80. The predicted molar refractivity (Wildman–Crippen MR) is 88.1 cm³/mol. The minimum atomic E-state index is 0.0163. The number of amides is 2. The number of nitrogens with zero attached hydrogens (tertiary/aromatic N) is 1. The van der Waals surface area contributed by atoms with Crippen molar-refractivity contribution in [2.24, 2.45) is 0 Å². The van der Waals surface area contributed by atoms with Crippen molar-refractivity contribution in [2.45, 2.75) is 25.7 Å². The van der Waals surface area contributed by atoms with E-state index in [2.05, 4.69) is 22.1 Å². The Hall–Kier alpha value is -1.81. The van der Waals surface area contributed by atoms with E-state index in [1.165, 1.54) is 11.1 Å². The van der Waals surface area contributed by atoms with Crippen LogP contribution in [0.5, 0.6) is 0 Å². The van der Waals surface area contributed by atoms with Crippen molar-refractivity contribution in [3.8, 4) is 0 Å². The molecule has 2 amide bonds. The first-order chi connectivity index (χ1) is 10.2. The van der Waals surface area contributed by atoms with Gasteiger partial charge in [-0.1, -0.05) is 17.7 Å². The van der Waals surface area contributed by atoms with Gasteiger partial charge in [-0.05, 0) is 60.2 Å². The van der Waals surface area contributed by atoms with Crippen molar-refractivity contribution in [2.75, 3.05) is 18.4 Å². The monoisotopic (exact) mass is 300 g/mol. The molecule has 1 saturated heterocycles. The summed E-state index contributed by atoms with van der Waals surface area (Å²) in [5.74, 6) is 0.611. The van der Waals surface area contributed by atoms with Gasteiger partial charge in [0.15, 0.2) is 0 Å². The molecule has 0 radical (unpaired) electrons. The number of anilines is 1.